The van der Waals surface area contributed by atoms with E-state index in [-0.39, 0.29) is 10.8 Å². The number of hydrogen-bond donors (Lipinski definition) is 1. The molecule has 2 nitrogen and oxygen atoms in total. The summed E-state index contributed by atoms with van der Waals surface area (Å²) >= 11 is 0. The summed E-state index contributed by atoms with van der Waals surface area (Å²) in [5.41, 5.74) is 0.274. The summed E-state index contributed by atoms with van der Waals surface area (Å²) in [6.07, 6.45) is 8.63. The molecule has 1 N–H and O–H groups in total. The van der Waals surface area contributed by atoms with Gasteiger partial charge in [0.25, 0.3) is 0 Å². The van der Waals surface area contributed by atoms with E-state index in [0.29, 0.717) is 23.0 Å². The normalized spacial score (nSPS) is 56.4. The van der Waals surface area contributed by atoms with Gasteiger partial charge in [0.15, 0.2) is 0 Å². The lowest BCUT2D eigenvalue weighted by Crippen LogP contribution is -2.68. The maximum absolute atomic E-state index is 12.9. The van der Waals surface area contributed by atoms with Crippen LogP contribution < -0.4 is 0 Å². The minimum absolute atomic E-state index is 0.0852. The topological polar surface area (TPSA) is 37.3 Å². The molecule has 0 amide bonds. The van der Waals surface area contributed by atoms with E-state index in [1.54, 1.807) is 0 Å². The zero-order valence-electron chi connectivity index (χ0n) is 14.7. The van der Waals surface area contributed by atoms with Crippen molar-refractivity contribution in [2.75, 3.05) is 0 Å². The molecule has 5 fully saturated rings. The van der Waals surface area contributed by atoms with E-state index >= 15 is 0 Å². The Labute approximate surface area is 135 Å². The highest BCUT2D eigenvalue weighted by Crippen LogP contribution is 2.74. The molecular formula is C20H32O2. The molecule has 0 aromatic carbocycles. The van der Waals surface area contributed by atoms with Gasteiger partial charge in [-0.15, -0.1) is 0 Å². The number of carbonyl (C=O) groups is 1. The Morgan fingerprint density at radius 1 is 1.05 bits per heavy atom. The molecule has 0 aromatic heterocycles. The van der Waals surface area contributed by atoms with Crippen molar-refractivity contribution in [2.24, 2.45) is 33.5 Å². The molecule has 6 atom stereocenters. The van der Waals surface area contributed by atoms with E-state index in [9.17, 15) is 9.90 Å². The van der Waals surface area contributed by atoms with E-state index in [1.807, 2.05) is 6.92 Å². The van der Waals surface area contributed by atoms with Gasteiger partial charge in [0.2, 0.25) is 0 Å². The minimum Gasteiger partial charge on any atom is -0.392 e. The van der Waals surface area contributed by atoms with Gasteiger partial charge in [-0.3, -0.25) is 4.79 Å². The van der Waals surface area contributed by atoms with Crippen molar-refractivity contribution < 1.29 is 9.90 Å². The molecule has 22 heavy (non-hydrogen) atoms. The third-order valence-electron chi connectivity index (χ3n) is 9.03. The van der Waals surface area contributed by atoms with E-state index in [1.165, 1.54) is 32.1 Å². The van der Waals surface area contributed by atoms with Crippen LogP contribution in [-0.4, -0.2) is 17.0 Å². The molecule has 2 bridgehead atoms. The van der Waals surface area contributed by atoms with Crippen molar-refractivity contribution in [3.05, 3.63) is 0 Å². The molecule has 0 unspecified atom stereocenters. The van der Waals surface area contributed by atoms with Gasteiger partial charge in [0.05, 0.1) is 11.5 Å². The second-order valence-corrected chi connectivity index (χ2v) is 10.2. The van der Waals surface area contributed by atoms with Gasteiger partial charge in [-0.1, -0.05) is 34.1 Å². The Morgan fingerprint density at radius 3 is 2.45 bits per heavy atom. The van der Waals surface area contributed by atoms with Gasteiger partial charge in [-0.2, -0.15) is 0 Å². The van der Waals surface area contributed by atoms with Gasteiger partial charge in [0.1, 0.15) is 5.78 Å². The number of fused-ring (bicyclic) bond motifs is 3. The van der Waals surface area contributed by atoms with Crippen LogP contribution in [0, 0.1) is 33.5 Å². The summed E-state index contributed by atoms with van der Waals surface area (Å²) in [6, 6.07) is 0. The van der Waals surface area contributed by atoms with Crippen molar-refractivity contribution >= 4 is 5.78 Å². The molecule has 0 aromatic rings. The standard InChI is InChI=1S/C20H32O2/c1-17(2)8-5-9-19(4)14(17)7-6-13-10-18(3)15(21)11-20(13,19)12-16(18)22/h13-15,21H,5-12H2,1-4H3/t13-,14-,15-,18-,19-,20+/m0/s1. The average Bonchev–Trinajstić information content (AvgIpc) is 2.40. The zero-order valence-corrected chi connectivity index (χ0v) is 14.7. The van der Waals surface area contributed by atoms with Crippen LogP contribution in [0.3, 0.4) is 0 Å². The average molecular weight is 304 g/mol. The van der Waals surface area contributed by atoms with Crippen molar-refractivity contribution in [2.45, 2.75) is 85.2 Å². The number of ketones is 1. The molecule has 124 valence electrons. The number of aliphatic hydroxyl groups is 1. The molecule has 0 heterocycles. The first kappa shape index (κ1) is 15.2. The number of Topliss-reactive ketones (excluding diaryl/α,β-unsaturated/α-hetero) is 1. The maximum Gasteiger partial charge on any atom is 0.141 e. The third-order valence-corrected chi connectivity index (χ3v) is 9.03. The van der Waals surface area contributed by atoms with E-state index in [0.717, 1.165) is 19.3 Å². The van der Waals surface area contributed by atoms with Gasteiger partial charge in [-0.25, -0.2) is 0 Å². The summed E-state index contributed by atoms with van der Waals surface area (Å²) < 4.78 is 0. The van der Waals surface area contributed by atoms with Crippen LogP contribution in [0.4, 0.5) is 0 Å². The number of carbonyl (C=O) groups excluding carboxylic acids is 1. The van der Waals surface area contributed by atoms with Crippen LogP contribution in [0.25, 0.3) is 0 Å². The van der Waals surface area contributed by atoms with Crippen molar-refractivity contribution in [3.63, 3.8) is 0 Å². The van der Waals surface area contributed by atoms with Crippen LogP contribution in [0.5, 0.6) is 0 Å². The fourth-order valence-electron chi connectivity index (χ4n) is 7.66. The van der Waals surface area contributed by atoms with Crippen molar-refractivity contribution in [1.82, 2.24) is 0 Å². The monoisotopic (exact) mass is 304 g/mol. The molecule has 2 heteroatoms. The van der Waals surface area contributed by atoms with Crippen LogP contribution in [-0.2, 0) is 4.79 Å². The summed E-state index contributed by atoms with van der Waals surface area (Å²) in [7, 11) is 0. The van der Waals surface area contributed by atoms with Gasteiger partial charge >= 0.3 is 0 Å². The molecule has 0 radical (unpaired) electrons. The Balaban J connectivity index is 1.83. The van der Waals surface area contributed by atoms with Crippen LogP contribution in [0.1, 0.15) is 79.1 Å². The fraction of sp³-hybridized carbons (Fsp3) is 0.950. The van der Waals surface area contributed by atoms with E-state index in [4.69, 9.17) is 0 Å². The zero-order chi connectivity index (χ0) is 16.0. The van der Waals surface area contributed by atoms with Gasteiger partial charge < -0.3 is 5.11 Å². The third kappa shape index (κ3) is 1.53. The predicted molar refractivity (Wildman–Crippen MR) is 87.4 cm³/mol. The first-order valence-electron chi connectivity index (χ1n) is 9.37. The molecule has 0 saturated heterocycles. The van der Waals surface area contributed by atoms with Gasteiger partial charge in [0, 0.05) is 6.42 Å². The Hall–Kier alpha value is -0.370. The summed E-state index contributed by atoms with van der Waals surface area (Å²) in [5, 5.41) is 10.8. The molecule has 5 saturated carbocycles. The van der Waals surface area contributed by atoms with Gasteiger partial charge in [-0.05, 0) is 66.6 Å². The van der Waals surface area contributed by atoms with Crippen LogP contribution >= 0.6 is 0 Å². The van der Waals surface area contributed by atoms with E-state index < -0.39 is 11.5 Å². The van der Waals surface area contributed by atoms with Crippen molar-refractivity contribution in [1.29, 1.82) is 0 Å². The first-order valence-corrected chi connectivity index (χ1v) is 9.37. The maximum atomic E-state index is 12.9. The summed E-state index contributed by atoms with van der Waals surface area (Å²) in [5.74, 6) is 1.73. The fourth-order valence-corrected chi connectivity index (χ4v) is 7.66. The first-order chi connectivity index (χ1) is 10.2. The summed E-state index contributed by atoms with van der Waals surface area (Å²) in [4.78, 5) is 12.9. The Kier molecular flexibility index (Phi) is 2.88. The lowest BCUT2D eigenvalue weighted by atomic mass is 9.33. The minimum atomic E-state index is -0.445. The Bertz CT molecular complexity index is 524. The smallest absolute Gasteiger partial charge is 0.141 e. The second-order valence-electron chi connectivity index (χ2n) is 10.2. The van der Waals surface area contributed by atoms with Crippen molar-refractivity contribution in [3.8, 4) is 0 Å². The number of aliphatic hydroxyl groups excluding tert-OH is 1. The highest BCUT2D eigenvalue weighted by molar-refractivity contribution is 5.88. The summed E-state index contributed by atoms with van der Waals surface area (Å²) in [6.45, 7) is 9.40. The lowest BCUT2D eigenvalue weighted by molar-refractivity contribution is -0.238. The SMILES string of the molecule is CC1(C)CCC[C@@]2(C)[C@H]1CC[C@H]1C[C@]3(C)C(=O)C[C@]12C[C@@H]3O. The number of hydrogen-bond acceptors (Lipinski definition) is 2. The molecular weight excluding hydrogens is 272 g/mol. The highest BCUT2D eigenvalue weighted by Gasteiger charge is 2.70. The van der Waals surface area contributed by atoms with Crippen LogP contribution in [0.2, 0.25) is 0 Å². The lowest BCUT2D eigenvalue weighted by Gasteiger charge is -2.71. The molecule has 1 spiro atoms. The highest BCUT2D eigenvalue weighted by atomic mass is 16.3. The largest absolute Gasteiger partial charge is 0.392 e. The molecule has 5 rings (SSSR count). The molecule has 5 aliphatic rings. The molecule has 5 aliphatic carbocycles. The molecule has 0 aliphatic heterocycles. The predicted octanol–water partition coefficient (Wildman–Crippen LogP) is 4.35. The van der Waals surface area contributed by atoms with Crippen LogP contribution in [0.15, 0.2) is 0 Å². The van der Waals surface area contributed by atoms with E-state index in [2.05, 4.69) is 20.8 Å². The Morgan fingerprint density at radius 2 is 1.77 bits per heavy atom. The quantitative estimate of drug-likeness (QED) is 0.722. The number of rotatable bonds is 0. The second kappa shape index (κ2) is 4.18.